The number of ether oxygens (including phenoxy) is 1. The molecule has 2 N–H and O–H groups in total. The molecule has 0 saturated heterocycles. The van der Waals surface area contributed by atoms with Crippen LogP contribution in [0.25, 0.3) is 0 Å². The number of benzene rings is 1. The van der Waals surface area contributed by atoms with E-state index < -0.39 is 11.8 Å². The van der Waals surface area contributed by atoms with Crippen molar-refractivity contribution >= 4 is 11.7 Å². The second-order valence-corrected chi connectivity index (χ2v) is 4.39. The van der Waals surface area contributed by atoms with E-state index in [1.807, 2.05) is 6.92 Å². The number of carbonyl (C=O) groups is 1. The fourth-order valence-corrected chi connectivity index (χ4v) is 2.07. The maximum atomic E-state index is 13.2. The minimum absolute atomic E-state index is 0.272. The molecule has 1 aliphatic carbocycles. The molecule has 4 nitrogen and oxygen atoms in total. The van der Waals surface area contributed by atoms with Crippen LogP contribution in [0.1, 0.15) is 30.1 Å². The topological polar surface area (TPSA) is 58.6 Å². The number of rotatable bonds is 5. The fourth-order valence-electron chi connectivity index (χ4n) is 2.07. The Bertz CT molecular complexity index is 444. The Morgan fingerprint density at radius 1 is 1.56 bits per heavy atom. The van der Waals surface area contributed by atoms with Crippen LogP contribution >= 0.6 is 0 Å². The summed E-state index contributed by atoms with van der Waals surface area (Å²) in [6.07, 6.45) is 2.08. The van der Waals surface area contributed by atoms with E-state index in [1.54, 1.807) is 6.07 Å². The molecule has 0 bridgehead atoms. The maximum Gasteiger partial charge on any atom is 0.338 e. The van der Waals surface area contributed by atoms with Gasteiger partial charge in [0.2, 0.25) is 0 Å². The van der Waals surface area contributed by atoms with Gasteiger partial charge in [-0.3, -0.25) is 0 Å². The first-order chi connectivity index (χ1) is 8.60. The molecular weight excluding hydrogens is 237 g/mol. The van der Waals surface area contributed by atoms with Crippen LogP contribution in [0.5, 0.6) is 0 Å². The highest BCUT2D eigenvalue weighted by Gasteiger charge is 2.29. The zero-order valence-electron chi connectivity index (χ0n) is 10.1. The molecule has 2 rings (SSSR count). The summed E-state index contributed by atoms with van der Waals surface area (Å²) in [6, 6.07) is 4.32. The van der Waals surface area contributed by atoms with Crippen LogP contribution in [0.3, 0.4) is 0 Å². The zero-order chi connectivity index (χ0) is 13.1. The van der Waals surface area contributed by atoms with Crippen LogP contribution in [0.2, 0.25) is 0 Å². The second-order valence-electron chi connectivity index (χ2n) is 4.39. The first-order valence-corrected chi connectivity index (χ1v) is 6.01. The monoisotopic (exact) mass is 253 g/mol. The van der Waals surface area contributed by atoms with Gasteiger partial charge >= 0.3 is 5.97 Å². The number of hydrogen-bond acceptors (Lipinski definition) is 3. The van der Waals surface area contributed by atoms with E-state index in [0.717, 1.165) is 12.8 Å². The smallest absolute Gasteiger partial charge is 0.338 e. The fraction of sp³-hybridized carbons (Fsp3) is 0.462. The first-order valence-electron chi connectivity index (χ1n) is 6.01. The van der Waals surface area contributed by atoms with Crippen LogP contribution in [0, 0.1) is 5.82 Å². The van der Waals surface area contributed by atoms with Gasteiger partial charge < -0.3 is 15.2 Å². The summed E-state index contributed by atoms with van der Waals surface area (Å²) < 4.78 is 18.6. The zero-order valence-corrected chi connectivity index (χ0v) is 10.1. The molecule has 1 aromatic carbocycles. The Balaban J connectivity index is 1.95. The lowest BCUT2D eigenvalue weighted by Gasteiger charge is -2.36. The highest BCUT2D eigenvalue weighted by Crippen LogP contribution is 2.27. The average molecular weight is 253 g/mol. The van der Waals surface area contributed by atoms with Crippen molar-refractivity contribution in [3.05, 3.63) is 29.6 Å². The number of nitrogens with one attached hydrogen (secondary N) is 1. The lowest BCUT2D eigenvalue weighted by atomic mass is 9.89. The summed E-state index contributed by atoms with van der Waals surface area (Å²) in [5.74, 6) is -1.97. The quantitative estimate of drug-likeness (QED) is 0.846. The van der Waals surface area contributed by atoms with Gasteiger partial charge in [0.25, 0.3) is 0 Å². The molecular formula is C13H16FNO3. The van der Waals surface area contributed by atoms with Crippen LogP contribution in [-0.2, 0) is 4.74 Å². The number of hydrogen-bond donors (Lipinski definition) is 2. The Labute approximate surface area is 105 Å². The molecule has 0 aromatic heterocycles. The summed E-state index contributed by atoms with van der Waals surface area (Å²) in [5, 5.41) is 12.0. The van der Waals surface area contributed by atoms with Crippen molar-refractivity contribution in [1.29, 1.82) is 0 Å². The van der Waals surface area contributed by atoms with Crippen molar-refractivity contribution in [2.45, 2.75) is 31.9 Å². The molecule has 0 heterocycles. The number of anilines is 1. The van der Waals surface area contributed by atoms with Gasteiger partial charge in [0.05, 0.1) is 11.7 Å². The molecule has 1 saturated carbocycles. The molecule has 18 heavy (non-hydrogen) atoms. The molecule has 0 spiro atoms. The van der Waals surface area contributed by atoms with Gasteiger partial charge in [-0.1, -0.05) is 0 Å². The number of carboxylic acid groups (broad SMARTS) is 1. The van der Waals surface area contributed by atoms with Crippen molar-refractivity contribution in [1.82, 2.24) is 0 Å². The molecule has 1 aliphatic rings. The Morgan fingerprint density at radius 2 is 2.28 bits per heavy atom. The lowest BCUT2D eigenvalue weighted by Crippen LogP contribution is -2.40. The molecule has 0 amide bonds. The Morgan fingerprint density at radius 3 is 2.89 bits per heavy atom. The lowest BCUT2D eigenvalue weighted by molar-refractivity contribution is 0.00298. The van der Waals surface area contributed by atoms with Crippen molar-refractivity contribution in [3.8, 4) is 0 Å². The summed E-state index contributed by atoms with van der Waals surface area (Å²) in [7, 11) is 0. The molecule has 1 aromatic rings. The molecule has 0 atom stereocenters. The van der Waals surface area contributed by atoms with E-state index >= 15 is 0 Å². The summed E-state index contributed by atoms with van der Waals surface area (Å²) in [5.41, 5.74) is 0.328. The van der Waals surface area contributed by atoms with Crippen molar-refractivity contribution < 1.29 is 19.0 Å². The van der Waals surface area contributed by atoms with E-state index in [-0.39, 0.29) is 17.7 Å². The van der Waals surface area contributed by atoms with Crippen LogP contribution in [-0.4, -0.2) is 29.8 Å². The predicted molar refractivity (Wildman–Crippen MR) is 65.4 cm³/mol. The van der Waals surface area contributed by atoms with E-state index in [9.17, 15) is 9.18 Å². The molecule has 1 fully saturated rings. The predicted octanol–water partition coefficient (Wildman–Crippen LogP) is 2.50. The first kappa shape index (κ1) is 12.8. The van der Waals surface area contributed by atoms with Gasteiger partial charge in [-0.15, -0.1) is 0 Å². The highest BCUT2D eigenvalue weighted by atomic mass is 19.1. The Kier molecular flexibility index (Phi) is 3.81. The minimum atomic E-state index is -1.25. The second kappa shape index (κ2) is 5.35. The number of carboxylic acids is 1. The highest BCUT2D eigenvalue weighted by molar-refractivity contribution is 5.89. The summed E-state index contributed by atoms with van der Waals surface area (Å²) >= 11 is 0. The molecule has 0 radical (unpaired) electrons. The number of halogens is 1. The van der Waals surface area contributed by atoms with E-state index in [0.29, 0.717) is 12.3 Å². The van der Waals surface area contributed by atoms with Gasteiger partial charge in [0.1, 0.15) is 5.82 Å². The van der Waals surface area contributed by atoms with Crippen molar-refractivity contribution in [2.75, 3.05) is 11.9 Å². The third-order valence-electron chi connectivity index (χ3n) is 3.06. The molecule has 5 heteroatoms. The third-order valence-corrected chi connectivity index (χ3v) is 3.06. The van der Waals surface area contributed by atoms with E-state index in [2.05, 4.69) is 5.32 Å². The average Bonchev–Trinajstić information content (AvgIpc) is 2.28. The standard InChI is InChI=1S/C13H16FNO3/c1-2-18-10-5-9(6-10)15-8-3-4-12(14)11(7-8)13(16)17/h3-4,7,9-10,15H,2,5-6H2,1H3,(H,16,17). The molecule has 0 unspecified atom stereocenters. The van der Waals surface area contributed by atoms with Gasteiger partial charge in [-0.05, 0) is 38.0 Å². The van der Waals surface area contributed by atoms with E-state index in [4.69, 9.17) is 9.84 Å². The SMILES string of the molecule is CCOC1CC(Nc2ccc(F)c(C(=O)O)c2)C1. The van der Waals surface area contributed by atoms with Crippen LogP contribution in [0.15, 0.2) is 18.2 Å². The van der Waals surface area contributed by atoms with Gasteiger partial charge in [0.15, 0.2) is 0 Å². The molecule has 98 valence electrons. The minimum Gasteiger partial charge on any atom is -0.478 e. The molecule has 0 aliphatic heterocycles. The van der Waals surface area contributed by atoms with Crippen LogP contribution < -0.4 is 5.32 Å². The Hall–Kier alpha value is -1.62. The normalized spacial score (nSPS) is 22.3. The summed E-state index contributed by atoms with van der Waals surface area (Å²) in [6.45, 7) is 2.66. The van der Waals surface area contributed by atoms with Gasteiger partial charge in [-0.25, -0.2) is 9.18 Å². The largest absolute Gasteiger partial charge is 0.478 e. The number of aromatic carboxylic acids is 1. The van der Waals surface area contributed by atoms with Crippen molar-refractivity contribution in [3.63, 3.8) is 0 Å². The third kappa shape index (κ3) is 2.79. The maximum absolute atomic E-state index is 13.2. The van der Waals surface area contributed by atoms with Crippen molar-refractivity contribution in [2.24, 2.45) is 0 Å². The summed E-state index contributed by atoms with van der Waals surface area (Å²) in [4.78, 5) is 10.8. The van der Waals surface area contributed by atoms with Gasteiger partial charge in [0, 0.05) is 18.3 Å². The van der Waals surface area contributed by atoms with Crippen LogP contribution in [0.4, 0.5) is 10.1 Å². The van der Waals surface area contributed by atoms with E-state index in [1.165, 1.54) is 12.1 Å². The van der Waals surface area contributed by atoms with Gasteiger partial charge in [-0.2, -0.15) is 0 Å².